The van der Waals surface area contributed by atoms with Crippen LogP contribution in [0.4, 0.5) is 11.8 Å². The zero-order chi connectivity index (χ0) is 16.9. The summed E-state index contributed by atoms with van der Waals surface area (Å²) in [7, 11) is 0. The third kappa shape index (κ3) is 4.32. The number of aliphatic hydroxyl groups excluding tert-OH is 2. The van der Waals surface area contributed by atoms with Gasteiger partial charge in [-0.3, -0.25) is 0 Å². The van der Waals surface area contributed by atoms with Gasteiger partial charge in [-0.15, -0.1) is 0 Å². The molecule has 134 valence electrons. The van der Waals surface area contributed by atoms with Gasteiger partial charge in [0, 0.05) is 18.0 Å². The highest BCUT2D eigenvalue weighted by molar-refractivity contribution is 7.99. The first-order chi connectivity index (χ1) is 11.7. The lowest BCUT2D eigenvalue weighted by molar-refractivity contribution is 0.0414. The molecule has 0 saturated heterocycles. The summed E-state index contributed by atoms with van der Waals surface area (Å²) in [6.45, 7) is 0.919. The Morgan fingerprint density at radius 2 is 2.00 bits per heavy atom. The van der Waals surface area contributed by atoms with Crippen molar-refractivity contribution in [1.29, 1.82) is 0 Å². The average molecular weight is 353 g/mol. The van der Waals surface area contributed by atoms with Crippen LogP contribution in [-0.4, -0.2) is 56.5 Å². The molecule has 3 rings (SSSR count). The van der Waals surface area contributed by atoms with Crippen molar-refractivity contribution < 1.29 is 10.2 Å². The van der Waals surface area contributed by atoms with Gasteiger partial charge in [0.15, 0.2) is 0 Å². The SMILES string of the molecule is CS[C@@H]1C[C@@H](Nc2ccnc(NCC3CCCCC3)n2)[C@H](O)[C@H]1O. The van der Waals surface area contributed by atoms with E-state index in [9.17, 15) is 10.2 Å². The fourth-order valence-electron chi connectivity index (χ4n) is 3.71. The standard InChI is InChI=1S/C17H28N4O2S/c1-24-13-9-12(15(22)16(13)23)20-14-7-8-18-17(21-14)19-10-11-5-3-2-4-6-11/h7-8,11-13,15-16,22-23H,2-6,9-10H2,1H3,(H2,18,19,20,21)/t12-,13-,15+,16+/m1/s1. The first-order valence-electron chi connectivity index (χ1n) is 8.89. The number of aliphatic hydroxyl groups is 2. The number of nitrogens with zero attached hydrogens (tertiary/aromatic N) is 2. The third-order valence-electron chi connectivity index (χ3n) is 5.19. The van der Waals surface area contributed by atoms with Crippen molar-refractivity contribution in [2.45, 2.75) is 62.0 Å². The van der Waals surface area contributed by atoms with E-state index in [0.29, 0.717) is 17.7 Å². The summed E-state index contributed by atoms with van der Waals surface area (Å²) in [5, 5.41) is 26.9. The second-order valence-corrected chi connectivity index (χ2v) is 7.97. The minimum atomic E-state index is -0.768. The number of hydrogen-bond acceptors (Lipinski definition) is 7. The van der Waals surface area contributed by atoms with Crippen LogP contribution in [0.2, 0.25) is 0 Å². The topological polar surface area (TPSA) is 90.3 Å². The van der Waals surface area contributed by atoms with Crippen molar-refractivity contribution in [3.8, 4) is 0 Å². The van der Waals surface area contributed by atoms with Gasteiger partial charge in [0.2, 0.25) is 5.95 Å². The van der Waals surface area contributed by atoms with Crippen LogP contribution in [0, 0.1) is 5.92 Å². The molecule has 2 aliphatic rings. The molecule has 0 spiro atoms. The van der Waals surface area contributed by atoms with Crippen LogP contribution >= 0.6 is 11.8 Å². The van der Waals surface area contributed by atoms with Gasteiger partial charge in [-0.25, -0.2) is 4.98 Å². The van der Waals surface area contributed by atoms with E-state index in [4.69, 9.17) is 0 Å². The van der Waals surface area contributed by atoms with E-state index in [1.54, 1.807) is 24.0 Å². The predicted molar refractivity (Wildman–Crippen MR) is 98.4 cm³/mol. The minimum absolute atomic E-state index is 0.0586. The van der Waals surface area contributed by atoms with Gasteiger partial charge in [-0.2, -0.15) is 16.7 Å². The number of rotatable bonds is 6. The summed E-state index contributed by atoms with van der Waals surface area (Å²) in [5.74, 6) is 2.03. The molecule has 0 aliphatic heterocycles. The molecule has 1 aromatic heterocycles. The normalized spacial score (nSPS) is 31.1. The Bertz CT molecular complexity index is 527. The first-order valence-corrected chi connectivity index (χ1v) is 10.2. The first kappa shape index (κ1) is 17.8. The highest BCUT2D eigenvalue weighted by Crippen LogP contribution is 2.31. The van der Waals surface area contributed by atoms with Crippen molar-refractivity contribution in [3.63, 3.8) is 0 Å². The molecule has 4 N–H and O–H groups in total. The summed E-state index contributed by atoms with van der Waals surface area (Å²) < 4.78 is 0. The van der Waals surface area contributed by atoms with E-state index in [1.807, 2.05) is 6.26 Å². The Labute approximate surface area is 147 Å². The lowest BCUT2D eigenvalue weighted by Gasteiger charge is -2.22. The van der Waals surface area contributed by atoms with Crippen molar-refractivity contribution in [2.24, 2.45) is 5.92 Å². The van der Waals surface area contributed by atoms with Gasteiger partial charge in [0.25, 0.3) is 0 Å². The monoisotopic (exact) mass is 352 g/mol. The molecule has 2 aliphatic carbocycles. The molecular weight excluding hydrogens is 324 g/mol. The number of nitrogens with one attached hydrogen (secondary N) is 2. The van der Waals surface area contributed by atoms with Crippen LogP contribution in [0.1, 0.15) is 38.5 Å². The summed E-state index contributed by atoms with van der Waals surface area (Å²) in [6, 6.07) is 1.62. The summed E-state index contributed by atoms with van der Waals surface area (Å²) >= 11 is 1.59. The van der Waals surface area contributed by atoms with E-state index in [0.717, 1.165) is 13.0 Å². The molecule has 1 aromatic rings. The Morgan fingerprint density at radius 1 is 1.21 bits per heavy atom. The van der Waals surface area contributed by atoms with Crippen molar-refractivity contribution in [1.82, 2.24) is 9.97 Å². The molecule has 0 amide bonds. The number of aromatic nitrogens is 2. The third-order valence-corrected chi connectivity index (χ3v) is 6.27. The van der Waals surface area contributed by atoms with Gasteiger partial charge >= 0.3 is 0 Å². The maximum atomic E-state index is 10.2. The largest absolute Gasteiger partial charge is 0.389 e. The summed E-state index contributed by atoms with van der Waals surface area (Å²) in [4.78, 5) is 8.78. The van der Waals surface area contributed by atoms with Crippen LogP contribution < -0.4 is 10.6 Å². The molecule has 0 bridgehead atoms. The fourth-order valence-corrected chi connectivity index (χ4v) is 4.55. The Kier molecular flexibility index (Phi) is 6.19. The average Bonchev–Trinajstić information content (AvgIpc) is 2.89. The van der Waals surface area contributed by atoms with Gasteiger partial charge < -0.3 is 20.8 Å². The number of thioether (sulfide) groups is 1. The van der Waals surface area contributed by atoms with Crippen LogP contribution in [0.15, 0.2) is 12.3 Å². The van der Waals surface area contributed by atoms with Crippen LogP contribution in [0.3, 0.4) is 0 Å². The lowest BCUT2D eigenvalue weighted by atomic mass is 9.89. The summed E-state index contributed by atoms with van der Waals surface area (Å²) in [5.41, 5.74) is 0. The van der Waals surface area contributed by atoms with Crippen molar-refractivity contribution in [3.05, 3.63) is 12.3 Å². The predicted octanol–water partition coefficient (Wildman–Crippen LogP) is 2.11. The molecule has 6 nitrogen and oxygen atoms in total. The number of hydrogen-bond donors (Lipinski definition) is 4. The minimum Gasteiger partial charge on any atom is -0.389 e. The molecule has 7 heteroatoms. The smallest absolute Gasteiger partial charge is 0.224 e. The molecule has 1 heterocycles. The Morgan fingerprint density at radius 3 is 2.71 bits per heavy atom. The second kappa shape index (κ2) is 8.36. The molecule has 2 saturated carbocycles. The molecule has 0 aromatic carbocycles. The fraction of sp³-hybridized carbons (Fsp3) is 0.765. The van der Waals surface area contributed by atoms with E-state index >= 15 is 0 Å². The quantitative estimate of drug-likeness (QED) is 0.623. The molecule has 0 unspecified atom stereocenters. The van der Waals surface area contributed by atoms with Crippen molar-refractivity contribution in [2.75, 3.05) is 23.4 Å². The maximum Gasteiger partial charge on any atom is 0.224 e. The van der Waals surface area contributed by atoms with Gasteiger partial charge in [-0.1, -0.05) is 19.3 Å². The van der Waals surface area contributed by atoms with E-state index in [2.05, 4.69) is 20.6 Å². The van der Waals surface area contributed by atoms with E-state index in [-0.39, 0.29) is 11.3 Å². The Hall–Kier alpha value is -1.05. The summed E-state index contributed by atoms with van der Waals surface area (Å²) in [6.07, 6.45) is 9.53. The van der Waals surface area contributed by atoms with Gasteiger partial charge in [0.05, 0.1) is 12.1 Å². The van der Waals surface area contributed by atoms with E-state index in [1.165, 1.54) is 32.1 Å². The Balaban J connectivity index is 1.55. The molecule has 4 atom stereocenters. The van der Waals surface area contributed by atoms with Gasteiger partial charge in [0.1, 0.15) is 11.9 Å². The van der Waals surface area contributed by atoms with Crippen LogP contribution in [-0.2, 0) is 0 Å². The lowest BCUT2D eigenvalue weighted by Crippen LogP contribution is -2.35. The molecule has 24 heavy (non-hydrogen) atoms. The van der Waals surface area contributed by atoms with Crippen LogP contribution in [0.5, 0.6) is 0 Å². The van der Waals surface area contributed by atoms with Crippen molar-refractivity contribution >= 4 is 23.5 Å². The maximum absolute atomic E-state index is 10.2. The molecule has 2 fully saturated rings. The molecule has 0 radical (unpaired) electrons. The zero-order valence-electron chi connectivity index (χ0n) is 14.2. The van der Waals surface area contributed by atoms with E-state index < -0.39 is 12.2 Å². The second-order valence-electron chi connectivity index (χ2n) is 6.89. The highest BCUT2D eigenvalue weighted by Gasteiger charge is 2.41. The zero-order valence-corrected chi connectivity index (χ0v) is 15.0. The highest BCUT2D eigenvalue weighted by atomic mass is 32.2. The van der Waals surface area contributed by atoms with Gasteiger partial charge in [-0.05, 0) is 37.5 Å². The van der Waals surface area contributed by atoms with Crippen LogP contribution in [0.25, 0.3) is 0 Å². The number of anilines is 2. The molecular formula is C17H28N4O2S.